The third-order valence-corrected chi connectivity index (χ3v) is 6.67. The van der Waals surface area contributed by atoms with Crippen molar-refractivity contribution in [1.29, 1.82) is 0 Å². The van der Waals surface area contributed by atoms with Crippen molar-refractivity contribution >= 4 is 32.8 Å². The summed E-state index contributed by atoms with van der Waals surface area (Å²) in [5.74, 6) is 0.717. The fraction of sp³-hybridized carbons (Fsp3) is 0.357. The average molecular weight is 364 g/mol. The molecule has 0 spiro atoms. The number of fused-ring (bicyclic) bond motifs is 1. The van der Waals surface area contributed by atoms with Gasteiger partial charge in [-0.05, 0) is 12.1 Å². The summed E-state index contributed by atoms with van der Waals surface area (Å²) in [7, 11) is -1.84. The number of aromatic nitrogens is 4. The summed E-state index contributed by atoms with van der Waals surface area (Å²) in [5, 5.41) is 3.25. The number of hydrogen-bond acceptors (Lipinski definition) is 7. The first kappa shape index (κ1) is 15.6. The van der Waals surface area contributed by atoms with Gasteiger partial charge in [0, 0.05) is 39.1 Å². The highest BCUT2D eigenvalue weighted by molar-refractivity contribution is 7.89. The lowest BCUT2D eigenvalue weighted by molar-refractivity contribution is 0.258. The molecule has 8 nitrogen and oxygen atoms in total. The molecule has 1 atom stereocenters. The van der Waals surface area contributed by atoms with Gasteiger partial charge in [-0.15, -0.1) is 0 Å². The van der Waals surface area contributed by atoms with Gasteiger partial charge in [-0.3, -0.25) is 0 Å². The molecule has 3 heterocycles. The summed E-state index contributed by atoms with van der Waals surface area (Å²) >= 11 is 1.02. The molecule has 1 fully saturated rings. The van der Waals surface area contributed by atoms with Gasteiger partial charge in [-0.2, -0.15) is 13.1 Å². The lowest BCUT2D eigenvalue weighted by Gasteiger charge is -2.34. The number of hydrogen-bond donors (Lipinski definition) is 1. The highest BCUT2D eigenvalue weighted by Crippen LogP contribution is 2.30. The highest BCUT2D eigenvalue weighted by Gasteiger charge is 2.37. The molecule has 126 valence electrons. The Labute approximate surface area is 143 Å². The van der Waals surface area contributed by atoms with Gasteiger partial charge in [-0.25, -0.2) is 13.4 Å². The Kier molecular flexibility index (Phi) is 3.83. The molecule has 24 heavy (non-hydrogen) atoms. The van der Waals surface area contributed by atoms with Crippen molar-refractivity contribution < 1.29 is 8.42 Å². The van der Waals surface area contributed by atoms with Crippen molar-refractivity contribution in [2.24, 2.45) is 7.05 Å². The molecule has 10 heteroatoms. The smallest absolute Gasteiger partial charge is 0.246 e. The van der Waals surface area contributed by atoms with E-state index >= 15 is 0 Å². The molecule has 1 aliphatic rings. The number of nitrogens with zero attached hydrogens (tertiary/aromatic N) is 5. The van der Waals surface area contributed by atoms with Gasteiger partial charge in [0.2, 0.25) is 10.0 Å². The van der Waals surface area contributed by atoms with Crippen molar-refractivity contribution in [3.63, 3.8) is 0 Å². The van der Waals surface area contributed by atoms with Gasteiger partial charge in [0.1, 0.15) is 21.8 Å². The zero-order valence-electron chi connectivity index (χ0n) is 13.0. The van der Waals surface area contributed by atoms with E-state index in [2.05, 4.69) is 19.0 Å². The number of sulfonamides is 1. The molecule has 1 saturated heterocycles. The third-order valence-electron chi connectivity index (χ3n) is 4.19. The Morgan fingerprint density at radius 2 is 2.21 bits per heavy atom. The Morgan fingerprint density at radius 3 is 3.00 bits per heavy atom. The normalized spacial score (nSPS) is 19.8. The summed E-state index contributed by atoms with van der Waals surface area (Å²) in [5.41, 5.74) is 1.03. The first-order chi connectivity index (χ1) is 11.6. The Morgan fingerprint density at radius 1 is 1.33 bits per heavy atom. The van der Waals surface area contributed by atoms with Gasteiger partial charge in [-0.1, -0.05) is 6.07 Å². The van der Waals surface area contributed by atoms with Crippen LogP contribution in [0.1, 0.15) is 11.9 Å². The average Bonchev–Trinajstić information content (AvgIpc) is 3.22. The van der Waals surface area contributed by atoms with Crippen LogP contribution in [0.3, 0.4) is 0 Å². The predicted octanol–water partition coefficient (Wildman–Crippen LogP) is 0.760. The number of nitrogens with one attached hydrogen (secondary N) is 1. The van der Waals surface area contributed by atoms with E-state index in [0.717, 1.165) is 11.7 Å². The summed E-state index contributed by atoms with van der Waals surface area (Å²) in [4.78, 5) is 4.54. The number of aryl methyl sites for hydroxylation is 1. The van der Waals surface area contributed by atoms with E-state index < -0.39 is 10.0 Å². The molecular formula is C14H16N6O2S2. The third kappa shape index (κ3) is 2.42. The molecule has 0 aliphatic carbocycles. The second-order valence-corrected chi connectivity index (χ2v) is 8.01. The summed E-state index contributed by atoms with van der Waals surface area (Å²) in [6.07, 6.45) is 3.50. The summed E-state index contributed by atoms with van der Waals surface area (Å²) < 4.78 is 38.3. The minimum atomic E-state index is -3.71. The van der Waals surface area contributed by atoms with E-state index in [1.807, 2.05) is 17.8 Å². The van der Waals surface area contributed by atoms with E-state index in [9.17, 15) is 8.42 Å². The number of rotatable bonds is 3. The van der Waals surface area contributed by atoms with Gasteiger partial charge in [0.25, 0.3) is 0 Å². The molecule has 1 aliphatic heterocycles. The van der Waals surface area contributed by atoms with Crippen LogP contribution in [0.4, 0.5) is 0 Å². The largest absolute Gasteiger partial charge is 0.337 e. The minimum absolute atomic E-state index is 0.204. The number of piperazine rings is 1. The first-order valence-corrected chi connectivity index (χ1v) is 9.67. The maximum atomic E-state index is 13.3. The molecular weight excluding hydrogens is 348 g/mol. The maximum absolute atomic E-state index is 13.3. The summed E-state index contributed by atoms with van der Waals surface area (Å²) in [6.45, 7) is 1.51. The molecule has 0 bridgehead atoms. The van der Waals surface area contributed by atoms with Crippen molar-refractivity contribution in [2.75, 3.05) is 19.6 Å². The maximum Gasteiger partial charge on any atom is 0.246 e. The van der Waals surface area contributed by atoms with E-state index in [1.54, 1.807) is 24.4 Å². The minimum Gasteiger partial charge on any atom is -0.337 e. The SMILES string of the molecule is Cn1ccnc1C1CNCCN1S(=O)(=O)c1cccc2nsnc12. The molecule has 2 aromatic heterocycles. The Balaban J connectivity index is 1.82. The van der Waals surface area contributed by atoms with E-state index in [4.69, 9.17) is 0 Å². The van der Waals surface area contributed by atoms with Crippen LogP contribution in [-0.2, 0) is 17.1 Å². The van der Waals surface area contributed by atoms with Crippen LogP contribution >= 0.6 is 11.7 Å². The first-order valence-electron chi connectivity index (χ1n) is 7.50. The van der Waals surface area contributed by atoms with Crippen LogP contribution in [0.15, 0.2) is 35.5 Å². The van der Waals surface area contributed by atoms with Gasteiger partial charge in [0.05, 0.1) is 17.8 Å². The van der Waals surface area contributed by atoms with Crippen LogP contribution in [0.5, 0.6) is 0 Å². The van der Waals surface area contributed by atoms with Crippen molar-refractivity contribution in [2.45, 2.75) is 10.9 Å². The van der Waals surface area contributed by atoms with E-state index in [1.165, 1.54) is 4.31 Å². The van der Waals surface area contributed by atoms with Crippen molar-refractivity contribution in [3.05, 3.63) is 36.4 Å². The monoisotopic (exact) mass is 364 g/mol. The molecule has 4 rings (SSSR count). The number of imidazole rings is 1. The van der Waals surface area contributed by atoms with Gasteiger partial charge >= 0.3 is 0 Å². The molecule has 0 saturated carbocycles. The quantitative estimate of drug-likeness (QED) is 0.738. The van der Waals surface area contributed by atoms with Crippen molar-refractivity contribution in [3.8, 4) is 0 Å². The van der Waals surface area contributed by atoms with E-state index in [-0.39, 0.29) is 10.9 Å². The van der Waals surface area contributed by atoms with Crippen LogP contribution in [0.25, 0.3) is 11.0 Å². The van der Waals surface area contributed by atoms with Crippen LogP contribution in [0, 0.1) is 0 Å². The molecule has 1 aromatic carbocycles. The van der Waals surface area contributed by atoms with Gasteiger partial charge < -0.3 is 9.88 Å². The van der Waals surface area contributed by atoms with Crippen LogP contribution in [0.2, 0.25) is 0 Å². The predicted molar refractivity (Wildman–Crippen MR) is 90.1 cm³/mol. The Bertz CT molecular complexity index is 980. The van der Waals surface area contributed by atoms with E-state index in [0.29, 0.717) is 36.5 Å². The molecule has 0 amide bonds. The zero-order chi connectivity index (χ0) is 16.7. The second kappa shape index (κ2) is 5.88. The zero-order valence-corrected chi connectivity index (χ0v) is 14.6. The fourth-order valence-electron chi connectivity index (χ4n) is 3.01. The molecule has 1 unspecified atom stereocenters. The standard InChI is InChI=1S/C14H16N6O2S2/c1-19-7-6-16-14(19)11-9-15-5-8-20(11)24(21,22)12-4-2-3-10-13(12)18-23-17-10/h2-4,6-7,11,15H,5,8-9H2,1H3. The van der Waals surface area contributed by atoms with Gasteiger partial charge in [0.15, 0.2) is 0 Å². The Hall–Kier alpha value is -1.88. The molecule has 3 aromatic rings. The van der Waals surface area contributed by atoms with Crippen LogP contribution < -0.4 is 5.32 Å². The number of benzene rings is 1. The second-order valence-electron chi connectivity index (χ2n) is 5.62. The topological polar surface area (TPSA) is 93.0 Å². The molecule has 0 radical (unpaired) electrons. The summed E-state index contributed by atoms with van der Waals surface area (Å²) in [6, 6.07) is 4.71. The molecule has 1 N–H and O–H groups in total. The van der Waals surface area contributed by atoms with Crippen LogP contribution in [-0.4, -0.2) is 50.7 Å². The lowest BCUT2D eigenvalue weighted by Crippen LogP contribution is -2.49. The lowest BCUT2D eigenvalue weighted by atomic mass is 10.2. The highest BCUT2D eigenvalue weighted by atomic mass is 32.2. The fourth-order valence-corrected chi connectivity index (χ4v) is 5.35. The van der Waals surface area contributed by atoms with Crippen molar-refractivity contribution in [1.82, 2.24) is 27.9 Å².